The van der Waals surface area contributed by atoms with Crippen LogP contribution in [0.3, 0.4) is 0 Å². The van der Waals surface area contributed by atoms with Crippen molar-refractivity contribution in [2.45, 2.75) is 6.54 Å². The van der Waals surface area contributed by atoms with Gasteiger partial charge in [-0.2, -0.15) is 0 Å². The summed E-state index contributed by atoms with van der Waals surface area (Å²) in [5.74, 6) is -0.630. The molecule has 4 N–H and O–H groups in total. The van der Waals surface area contributed by atoms with E-state index in [1.807, 2.05) is 0 Å². The topological polar surface area (TPSA) is 99.8 Å². The third-order valence-corrected chi connectivity index (χ3v) is 3.22. The highest BCUT2D eigenvalue weighted by Gasteiger charge is 2.15. The molecule has 1 aromatic heterocycles. The van der Waals surface area contributed by atoms with Crippen LogP contribution < -0.4 is 11.5 Å². The van der Waals surface area contributed by atoms with Gasteiger partial charge >= 0.3 is 0 Å². The molecule has 0 radical (unpaired) electrons. The number of carbonyl (C=O) groups is 1. The quantitative estimate of drug-likeness (QED) is 0.888. The van der Waals surface area contributed by atoms with Crippen LogP contribution in [-0.2, 0) is 6.54 Å². The van der Waals surface area contributed by atoms with Crippen molar-refractivity contribution in [1.29, 1.82) is 0 Å². The molecule has 18 heavy (non-hydrogen) atoms. The first kappa shape index (κ1) is 12.7. The van der Waals surface area contributed by atoms with E-state index in [4.69, 9.17) is 34.7 Å². The number of nitrogen functional groups attached to an aromatic ring is 1. The predicted octanol–water partition coefficient (Wildman–Crippen LogP) is 1.31. The Kier molecular flexibility index (Phi) is 3.40. The first-order chi connectivity index (χ1) is 8.50. The van der Waals surface area contributed by atoms with Crippen LogP contribution in [0.1, 0.15) is 16.1 Å². The molecule has 0 atom stereocenters. The highest BCUT2D eigenvalue weighted by atomic mass is 35.5. The van der Waals surface area contributed by atoms with Gasteiger partial charge in [-0.15, -0.1) is 5.10 Å². The van der Waals surface area contributed by atoms with E-state index in [0.717, 1.165) is 5.56 Å². The highest BCUT2D eigenvalue weighted by Crippen LogP contribution is 2.26. The molecular formula is C10H9Cl2N5O. The molecule has 0 unspecified atom stereocenters. The van der Waals surface area contributed by atoms with Gasteiger partial charge in [0.25, 0.3) is 5.91 Å². The van der Waals surface area contributed by atoms with Gasteiger partial charge in [-0.05, 0) is 11.6 Å². The van der Waals surface area contributed by atoms with Gasteiger partial charge < -0.3 is 11.5 Å². The Morgan fingerprint density at radius 2 is 2.11 bits per heavy atom. The minimum absolute atomic E-state index is 0.0619. The van der Waals surface area contributed by atoms with Gasteiger partial charge in [0.15, 0.2) is 11.5 Å². The van der Waals surface area contributed by atoms with Gasteiger partial charge in [0.1, 0.15) is 0 Å². The first-order valence-electron chi connectivity index (χ1n) is 4.92. The number of anilines is 1. The normalized spacial score (nSPS) is 10.6. The summed E-state index contributed by atoms with van der Waals surface area (Å²) in [6, 6.07) is 5.21. The molecular weight excluding hydrogens is 277 g/mol. The molecule has 94 valence electrons. The Labute approximate surface area is 112 Å². The van der Waals surface area contributed by atoms with Crippen LogP contribution in [0.15, 0.2) is 18.2 Å². The average molecular weight is 286 g/mol. The van der Waals surface area contributed by atoms with Crippen LogP contribution in [0.25, 0.3) is 0 Å². The Morgan fingerprint density at radius 3 is 2.72 bits per heavy atom. The molecule has 0 fully saturated rings. The fraction of sp³-hybridized carbons (Fsp3) is 0.100. The van der Waals surface area contributed by atoms with E-state index in [0.29, 0.717) is 10.0 Å². The zero-order chi connectivity index (χ0) is 13.3. The summed E-state index contributed by atoms with van der Waals surface area (Å²) < 4.78 is 1.33. The maximum atomic E-state index is 11.0. The van der Waals surface area contributed by atoms with E-state index in [1.165, 1.54) is 4.68 Å². The van der Waals surface area contributed by atoms with Crippen LogP contribution in [0.4, 0.5) is 5.82 Å². The fourth-order valence-corrected chi connectivity index (χ4v) is 1.82. The maximum Gasteiger partial charge on any atom is 0.273 e. The van der Waals surface area contributed by atoms with Crippen molar-refractivity contribution in [1.82, 2.24) is 15.0 Å². The summed E-state index contributed by atoms with van der Waals surface area (Å²) in [5.41, 5.74) is 11.5. The molecule has 0 saturated heterocycles. The predicted molar refractivity (Wildman–Crippen MR) is 68.5 cm³/mol. The van der Waals surface area contributed by atoms with E-state index < -0.39 is 5.91 Å². The lowest BCUT2D eigenvalue weighted by Crippen LogP contribution is -2.15. The molecule has 0 spiro atoms. The SMILES string of the molecule is NC(=O)c1nnn(Cc2cccc(Cl)c2Cl)c1N. The molecule has 1 amide bonds. The monoisotopic (exact) mass is 285 g/mol. The Balaban J connectivity index is 2.35. The van der Waals surface area contributed by atoms with Crippen LogP contribution in [0, 0.1) is 0 Å². The Morgan fingerprint density at radius 1 is 1.39 bits per heavy atom. The van der Waals surface area contributed by atoms with E-state index in [9.17, 15) is 4.79 Å². The lowest BCUT2D eigenvalue weighted by Gasteiger charge is -2.06. The molecule has 0 aliphatic heterocycles. The number of hydrogen-bond acceptors (Lipinski definition) is 4. The molecule has 0 aliphatic rings. The van der Waals surface area contributed by atoms with E-state index in [2.05, 4.69) is 10.3 Å². The minimum Gasteiger partial charge on any atom is -0.382 e. The zero-order valence-corrected chi connectivity index (χ0v) is 10.6. The average Bonchev–Trinajstić information content (AvgIpc) is 2.67. The largest absolute Gasteiger partial charge is 0.382 e. The zero-order valence-electron chi connectivity index (χ0n) is 9.10. The van der Waals surface area contributed by atoms with Crippen molar-refractivity contribution >= 4 is 34.9 Å². The molecule has 2 aromatic rings. The molecule has 2 rings (SSSR count). The Bertz CT molecular complexity index is 610. The van der Waals surface area contributed by atoms with Gasteiger partial charge in [-0.1, -0.05) is 40.5 Å². The van der Waals surface area contributed by atoms with E-state index in [1.54, 1.807) is 18.2 Å². The van der Waals surface area contributed by atoms with Crippen LogP contribution in [-0.4, -0.2) is 20.9 Å². The molecule has 0 bridgehead atoms. The number of benzene rings is 1. The standard InChI is InChI=1S/C10H9Cl2N5O/c11-6-3-1-2-5(7(6)12)4-17-9(13)8(10(14)18)15-16-17/h1-3H,4,13H2,(H2,14,18). The van der Waals surface area contributed by atoms with Crippen molar-refractivity contribution in [2.24, 2.45) is 5.73 Å². The number of halogens is 2. The molecule has 1 heterocycles. The van der Waals surface area contributed by atoms with Crippen molar-refractivity contribution in [3.8, 4) is 0 Å². The number of aromatic nitrogens is 3. The second kappa shape index (κ2) is 4.83. The first-order valence-corrected chi connectivity index (χ1v) is 5.68. The summed E-state index contributed by atoms with van der Waals surface area (Å²) in [6.45, 7) is 0.255. The van der Waals surface area contributed by atoms with Gasteiger partial charge in [-0.25, -0.2) is 4.68 Å². The number of carbonyl (C=O) groups excluding carboxylic acids is 1. The summed E-state index contributed by atoms with van der Waals surface area (Å²) in [5, 5.41) is 8.19. The number of primary amides is 1. The van der Waals surface area contributed by atoms with Crippen molar-refractivity contribution in [3.05, 3.63) is 39.5 Å². The van der Waals surface area contributed by atoms with Gasteiger partial charge in [0.2, 0.25) is 0 Å². The van der Waals surface area contributed by atoms with Crippen LogP contribution >= 0.6 is 23.2 Å². The van der Waals surface area contributed by atoms with Crippen molar-refractivity contribution in [2.75, 3.05) is 5.73 Å². The molecule has 1 aromatic carbocycles. The van der Waals surface area contributed by atoms with Crippen molar-refractivity contribution in [3.63, 3.8) is 0 Å². The summed E-state index contributed by atoms with van der Waals surface area (Å²) in [7, 11) is 0. The van der Waals surface area contributed by atoms with Crippen LogP contribution in [0.2, 0.25) is 10.0 Å². The van der Waals surface area contributed by atoms with Crippen molar-refractivity contribution < 1.29 is 4.79 Å². The van der Waals surface area contributed by atoms with Gasteiger partial charge in [-0.3, -0.25) is 4.79 Å². The lowest BCUT2D eigenvalue weighted by molar-refractivity contribution is 0.0996. The summed E-state index contributed by atoms with van der Waals surface area (Å²) >= 11 is 11.9. The number of hydrogen-bond donors (Lipinski definition) is 2. The smallest absolute Gasteiger partial charge is 0.273 e. The number of nitrogens with zero attached hydrogens (tertiary/aromatic N) is 3. The lowest BCUT2D eigenvalue weighted by atomic mass is 10.2. The number of nitrogens with two attached hydrogens (primary N) is 2. The van der Waals surface area contributed by atoms with E-state index >= 15 is 0 Å². The summed E-state index contributed by atoms with van der Waals surface area (Å²) in [6.07, 6.45) is 0. The van der Waals surface area contributed by atoms with Crippen LogP contribution in [0.5, 0.6) is 0 Å². The molecule has 0 aliphatic carbocycles. The maximum absolute atomic E-state index is 11.0. The van der Waals surface area contributed by atoms with Gasteiger partial charge in [0.05, 0.1) is 16.6 Å². The third kappa shape index (κ3) is 2.25. The summed E-state index contributed by atoms with van der Waals surface area (Å²) in [4.78, 5) is 11.0. The Hall–Kier alpha value is -1.79. The molecule has 8 heteroatoms. The van der Waals surface area contributed by atoms with Gasteiger partial charge in [0, 0.05) is 0 Å². The number of amides is 1. The second-order valence-corrected chi connectivity index (χ2v) is 4.34. The molecule has 6 nitrogen and oxygen atoms in total. The number of rotatable bonds is 3. The second-order valence-electron chi connectivity index (χ2n) is 3.56. The fourth-order valence-electron chi connectivity index (χ4n) is 1.44. The molecule has 0 saturated carbocycles. The minimum atomic E-state index is -0.726. The van der Waals surface area contributed by atoms with E-state index in [-0.39, 0.29) is 18.1 Å². The highest BCUT2D eigenvalue weighted by molar-refractivity contribution is 6.42. The third-order valence-electron chi connectivity index (χ3n) is 2.36.